The van der Waals surface area contributed by atoms with Crippen molar-refractivity contribution in [3.8, 4) is 11.8 Å². The molecule has 2 rings (SSSR count). The number of hydrogen-bond donors (Lipinski definition) is 0. The zero-order valence-corrected chi connectivity index (χ0v) is 15.9. The van der Waals surface area contributed by atoms with Crippen molar-refractivity contribution >= 4 is 8.32 Å². The summed E-state index contributed by atoms with van der Waals surface area (Å²) in [7, 11) is -1.65. The third-order valence-electron chi connectivity index (χ3n) is 5.09. The molecule has 0 spiro atoms. The maximum Gasteiger partial charge on any atom is 0.194 e. The lowest BCUT2D eigenvalue weighted by atomic mass is 9.95. The van der Waals surface area contributed by atoms with Crippen LogP contribution in [0.15, 0.2) is 42.0 Å². The van der Waals surface area contributed by atoms with Crippen LogP contribution in [-0.4, -0.2) is 14.4 Å². The van der Waals surface area contributed by atoms with Crippen molar-refractivity contribution in [2.45, 2.75) is 70.7 Å². The molecule has 0 heterocycles. The van der Waals surface area contributed by atoms with Crippen LogP contribution in [0.1, 0.15) is 52.0 Å². The van der Waals surface area contributed by atoms with Crippen LogP contribution < -0.4 is 0 Å². The fourth-order valence-electron chi connectivity index (χ4n) is 3.22. The van der Waals surface area contributed by atoms with Crippen molar-refractivity contribution in [1.82, 2.24) is 0 Å². The van der Waals surface area contributed by atoms with Crippen LogP contribution in [0.25, 0.3) is 0 Å². The number of benzene rings is 1. The highest BCUT2D eigenvalue weighted by Gasteiger charge is 2.32. The molecule has 1 aliphatic carbocycles. The summed E-state index contributed by atoms with van der Waals surface area (Å²) in [5, 5.41) is 0. The average Bonchev–Trinajstić information content (AvgIpc) is 2.64. The van der Waals surface area contributed by atoms with Crippen LogP contribution in [0.4, 0.5) is 0 Å². The van der Waals surface area contributed by atoms with E-state index in [1.165, 1.54) is 43.0 Å². The molecular weight excluding hydrogens is 296 g/mol. The van der Waals surface area contributed by atoms with E-state index in [0.717, 1.165) is 12.0 Å². The first-order valence-electron chi connectivity index (χ1n) is 9.16. The normalized spacial score (nSPS) is 16.2. The number of rotatable bonds is 6. The standard InChI is InChI=1S/C21H30OSi/c1-4-23(5-2,6-3)22-21(20-15-11-8-12-16-20)18-17-19-13-9-7-10-14-19/h7,9-10,13-15,21H,4-6,8,11-12,16H2,1-3H3. The Morgan fingerprint density at radius 1 is 1.04 bits per heavy atom. The largest absolute Gasteiger partial charge is 0.400 e. The maximum atomic E-state index is 6.74. The molecule has 0 bridgehead atoms. The molecule has 0 amide bonds. The molecule has 0 fully saturated rings. The Hall–Kier alpha value is -1.30. The van der Waals surface area contributed by atoms with Crippen LogP contribution in [0, 0.1) is 11.8 Å². The molecule has 1 unspecified atom stereocenters. The third-order valence-corrected chi connectivity index (χ3v) is 9.69. The highest BCUT2D eigenvalue weighted by Crippen LogP contribution is 2.29. The lowest BCUT2D eigenvalue weighted by molar-refractivity contribution is 0.267. The summed E-state index contributed by atoms with van der Waals surface area (Å²) in [5.74, 6) is 6.80. The van der Waals surface area contributed by atoms with Crippen LogP contribution in [0.3, 0.4) is 0 Å². The van der Waals surface area contributed by atoms with Crippen LogP contribution >= 0.6 is 0 Å². The Kier molecular flexibility index (Phi) is 7.14. The molecule has 0 aromatic heterocycles. The van der Waals surface area contributed by atoms with E-state index in [1.807, 2.05) is 18.2 Å². The highest BCUT2D eigenvalue weighted by atomic mass is 28.4. The molecule has 0 aliphatic heterocycles. The molecule has 0 saturated heterocycles. The van der Waals surface area contributed by atoms with Crippen molar-refractivity contribution in [1.29, 1.82) is 0 Å². The second-order valence-electron chi connectivity index (χ2n) is 6.40. The van der Waals surface area contributed by atoms with Gasteiger partial charge >= 0.3 is 0 Å². The van der Waals surface area contributed by atoms with E-state index < -0.39 is 8.32 Å². The average molecular weight is 327 g/mol. The molecule has 0 radical (unpaired) electrons. The maximum absolute atomic E-state index is 6.74. The van der Waals surface area contributed by atoms with Crippen molar-refractivity contribution < 1.29 is 4.43 Å². The first-order chi connectivity index (χ1) is 11.2. The van der Waals surface area contributed by atoms with Gasteiger partial charge in [0.25, 0.3) is 0 Å². The van der Waals surface area contributed by atoms with E-state index >= 15 is 0 Å². The molecule has 1 aromatic carbocycles. The van der Waals surface area contributed by atoms with Gasteiger partial charge in [0.15, 0.2) is 8.32 Å². The summed E-state index contributed by atoms with van der Waals surface area (Å²) in [4.78, 5) is 0. The second kappa shape index (κ2) is 9.10. The van der Waals surface area contributed by atoms with Gasteiger partial charge in [-0.25, -0.2) is 0 Å². The molecule has 1 aromatic rings. The van der Waals surface area contributed by atoms with Gasteiger partial charge in [0.1, 0.15) is 6.10 Å². The lowest BCUT2D eigenvalue weighted by Gasteiger charge is -2.33. The summed E-state index contributed by atoms with van der Waals surface area (Å²) in [5.41, 5.74) is 2.50. The number of allylic oxidation sites excluding steroid dienone is 1. The summed E-state index contributed by atoms with van der Waals surface area (Å²) in [6.45, 7) is 6.86. The molecule has 2 heteroatoms. The van der Waals surface area contributed by atoms with Gasteiger partial charge in [0, 0.05) is 5.56 Å². The first kappa shape index (κ1) is 18.0. The van der Waals surface area contributed by atoms with E-state index in [2.05, 4.69) is 50.8 Å². The minimum absolute atomic E-state index is 0.00187. The molecule has 23 heavy (non-hydrogen) atoms. The molecule has 1 atom stereocenters. The van der Waals surface area contributed by atoms with Crippen molar-refractivity contribution in [2.24, 2.45) is 0 Å². The minimum atomic E-state index is -1.65. The Morgan fingerprint density at radius 2 is 1.74 bits per heavy atom. The van der Waals surface area contributed by atoms with Gasteiger partial charge in [0.05, 0.1) is 0 Å². The van der Waals surface area contributed by atoms with Gasteiger partial charge in [-0.15, -0.1) is 0 Å². The van der Waals surface area contributed by atoms with E-state index in [-0.39, 0.29) is 6.10 Å². The Bertz CT molecular complexity index is 552. The predicted octanol–water partition coefficient (Wildman–Crippen LogP) is 5.93. The Morgan fingerprint density at radius 3 is 2.30 bits per heavy atom. The van der Waals surface area contributed by atoms with Crippen molar-refractivity contribution in [3.05, 3.63) is 47.5 Å². The molecular formula is C21H30OSi. The topological polar surface area (TPSA) is 9.23 Å². The smallest absolute Gasteiger partial charge is 0.194 e. The zero-order valence-electron chi connectivity index (χ0n) is 14.9. The van der Waals surface area contributed by atoms with E-state index in [0.29, 0.717) is 0 Å². The Balaban J connectivity index is 2.25. The number of hydrogen-bond acceptors (Lipinski definition) is 1. The molecule has 124 valence electrons. The van der Waals surface area contributed by atoms with E-state index in [9.17, 15) is 0 Å². The monoisotopic (exact) mass is 326 g/mol. The van der Waals surface area contributed by atoms with Crippen molar-refractivity contribution in [2.75, 3.05) is 0 Å². The van der Waals surface area contributed by atoms with Gasteiger partial charge in [0.2, 0.25) is 0 Å². The van der Waals surface area contributed by atoms with Crippen LogP contribution in [0.5, 0.6) is 0 Å². The van der Waals surface area contributed by atoms with Gasteiger partial charge in [-0.3, -0.25) is 0 Å². The third kappa shape index (κ3) is 5.09. The molecule has 0 N–H and O–H groups in total. The summed E-state index contributed by atoms with van der Waals surface area (Å²) in [6.07, 6.45) is 7.30. The highest BCUT2D eigenvalue weighted by molar-refractivity contribution is 6.73. The van der Waals surface area contributed by atoms with Crippen LogP contribution in [0.2, 0.25) is 18.1 Å². The van der Waals surface area contributed by atoms with Crippen molar-refractivity contribution in [3.63, 3.8) is 0 Å². The molecule has 1 aliphatic rings. The minimum Gasteiger partial charge on any atom is -0.400 e. The zero-order chi connectivity index (χ0) is 16.5. The molecule has 0 saturated carbocycles. The predicted molar refractivity (Wildman–Crippen MR) is 102 cm³/mol. The molecule has 1 nitrogen and oxygen atoms in total. The van der Waals surface area contributed by atoms with Gasteiger partial charge in [-0.2, -0.15) is 0 Å². The fourth-order valence-corrected chi connectivity index (χ4v) is 5.93. The van der Waals surface area contributed by atoms with Gasteiger partial charge in [-0.1, -0.05) is 56.9 Å². The Labute approximate surface area is 143 Å². The summed E-state index contributed by atoms with van der Waals surface area (Å²) in [6, 6.07) is 13.8. The summed E-state index contributed by atoms with van der Waals surface area (Å²) < 4.78 is 6.74. The lowest BCUT2D eigenvalue weighted by Crippen LogP contribution is -2.40. The fraction of sp³-hybridized carbons (Fsp3) is 0.524. The van der Waals surface area contributed by atoms with Gasteiger partial charge < -0.3 is 4.43 Å². The summed E-state index contributed by atoms with van der Waals surface area (Å²) >= 11 is 0. The van der Waals surface area contributed by atoms with Crippen LogP contribution in [-0.2, 0) is 4.43 Å². The first-order valence-corrected chi connectivity index (χ1v) is 11.7. The van der Waals surface area contributed by atoms with E-state index in [1.54, 1.807) is 0 Å². The van der Waals surface area contributed by atoms with E-state index in [4.69, 9.17) is 4.43 Å². The second-order valence-corrected chi connectivity index (χ2v) is 11.1. The SMILES string of the molecule is CC[Si](CC)(CC)OC(C#Cc1ccccc1)C1=CCCCC1. The quantitative estimate of drug-likeness (QED) is 0.358. The van der Waals surface area contributed by atoms with Gasteiger partial charge in [-0.05, 0) is 61.5 Å².